The number of anilines is 2. The SMILES string of the molecule is Cl.O=S(=O)(c1cccc(Nc2ncc(C=Cc3cccc(O)c3)s2)c1)N1CCNCC1. The number of nitrogens with one attached hydrogen (secondary N) is 2. The number of sulfonamides is 1. The molecule has 0 amide bonds. The maximum atomic E-state index is 12.9. The fourth-order valence-electron chi connectivity index (χ4n) is 3.12. The van der Waals surface area contributed by atoms with E-state index < -0.39 is 10.0 Å². The summed E-state index contributed by atoms with van der Waals surface area (Å²) in [5, 5.41) is 16.6. The van der Waals surface area contributed by atoms with E-state index in [9.17, 15) is 13.5 Å². The van der Waals surface area contributed by atoms with Gasteiger partial charge in [0.15, 0.2) is 5.13 Å². The third kappa shape index (κ3) is 5.84. The molecule has 10 heteroatoms. The molecule has 7 nitrogen and oxygen atoms in total. The van der Waals surface area contributed by atoms with Crippen LogP contribution in [0.1, 0.15) is 10.4 Å². The fourth-order valence-corrected chi connectivity index (χ4v) is 5.35. The van der Waals surface area contributed by atoms with Crippen molar-refractivity contribution in [2.45, 2.75) is 4.90 Å². The molecule has 164 valence electrons. The van der Waals surface area contributed by atoms with Gasteiger partial charge in [-0.05, 0) is 42.0 Å². The van der Waals surface area contributed by atoms with Crippen molar-refractivity contribution in [2.75, 3.05) is 31.5 Å². The minimum absolute atomic E-state index is 0. The van der Waals surface area contributed by atoms with Crippen molar-refractivity contribution >= 4 is 56.7 Å². The van der Waals surface area contributed by atoms with Crippen molar-refractivity contribution in [3.8, 4) is 5.75 Å². The number of hydrogen-bond acceptors (Lipinski definition) is 7. The van der Waals surface area contributed by atoms with Crippen molar-refractivity contribution in [1.82, 2.24) is 14.6 Å². The number of piperazine rings is 1. The molecule has 1 aromatic heterocycles. The fraction of sp³-hybridized carbons (Fsp3) is 0.190. The molecule has 1 saturated heterocycles. The standard InChI is InChI=1S/C21H22N4O3S2.ClH/c26-18-5-1-3-16(13-18)7-8-19-15-23-21(29-19)24-17-4-2-6-20(14-17)30(27,28)25-11-9-22-10-12-25;/h1-8,13-15,22,26H,9-12H2,(H,23,24);1H. The number of halogens is 1. The maximum Gasteiger partial charge on any atom is 0.243 e. The third-order valence-corrected chi connectivity index (χ3v) is 7.41. The van der Waals surface area contributed by atoms with Gasteiger partial charge in [0.1, 0.15) is 5.75 Å². The molecule has 1 aliphatic rings. The Kier molecular flexibility index (Phi) is 7.69. The number of thiazole rings is 1. The molecule has 0 spiro atoms. The van der Waals surface area contributed by atoms with Crippen LogP contribution in [0.2, 0.25) is 0 Å². The highest BCUT2D eigenvalue weighted by Crippen LogP contribution is 2.26. The van der Waals surface area contributed by atoms with Gasteiger partial charge in [-0.25, -0.2) is 13.4 Å². The summed E-state index contributed by atoms with van der Waals surface area (Å²) < 4.78 is 27.3. The van der Waals surface area contributed by atoms with Gasteiger partial charge in [0.25, 0.3) is 0 Å². The zero-order chi connectivity index (χ0) is 21.0. The van der Waals surface area contributed by atoms with Crippen molar-refractivity contribution in [3.05, 3.63) is 65.2 Å². The first kappa shape index (κ1) is 23.2. The molecule has 0 saturated carbocycles. The lowest BCUT2D eigenvalue weighted by Gasteiger charge is -2.26. The van der Waals surface area contributed by atoms with Gasteiger partial charge in [-0.15, -0.1) is 12.4 Å². The van der Waals surface area contributed by atoms with E-state index in [2.05, 4.69) is 15.6 Å². The van der Waals surface area contributed by atoms with Crippen LogP contribution in [0.3, 0.4) is 0 Å². The smallest absolute Gasteiger partial charge is 0.243 e. The van der Waals surface area contributed by atoms with Crippen LogP contribution >= 0.6 is 23.7 Å². The second-order valence-corrected chi connectivity index (χ2v) is 9.80. The lowest BCUT2D eigenvalue weighted by atomic mass is 10.2. The van der Waals surface area contributed by atoms with E-state index in [-0.39, 0.29) is 23.1 Å². The van der Waals surface area contributed by atoms with Crippen LogP contribution in [-0.2, 0) is 10.0 Å². The average molecular weight is 479 g/mol. The second-order valence-electron chi connectivity index (χ2n) is 6.80. The second kappa shape index (κ2) is 10.3. The molecule has 2 aromatic carbocycles. The number of hydrogen-bond donors (Lipinski definition) is 3. The van der Waals surface area contributed by atoms with Gasteiger partial charge in [-0.1, -0.05) is 35.6 Å². The van der Waals surface area contributed by atoms with E-state index >= 15 is 0 Å². The van der Waals surface area contributed by atoms with E-state index in [1.807, 2.05) is 24.3 Å². The lowest BCUT2D eigenvalue weighted by Crippen LogP contribution is -2.46. The Balaban J connectivity index is 0.00000272. The van der Waals surface area contributed by atoms with Crippen molar-refractivity contribution in [1.29, 1.82) is 0 Å². The van der Waals surface area contributed by atoms with Crippen LogP contribution in [0.25, 0.3) is 12.2 Å². The molecular formula is C21H23ClN4O3S2. The monoisotopic (exact) mass is 478 g/mol. The predicted molar refractivity (Wildman–Crippen MR) is 128 cm³/mol. The van der Waals surface area contributed by atoms with Crippen LogP contribution in [0.5, 0.6) is 5.75 Å². The lowest BCUT2D eigenvalue weighted by molar-refractivity contribution is 0.360. The highest BCUT2D eigenvalue weighted by molar-refractivity contribution is 7.89. The van der Waals surface area contributed by atoms with E-state index in [0.717, 1.165) is 10.4 Å². The molecule has 0 unspecified atom stereocenters. The summed E-state index contributed by atoms with van der Waals surface area (Å²) in [7, 11) is -3.51. The first-order valence-corrected chi connectivity index (χ1v) is 11.8. The van der Waals surface area contributed by atoms with Crippen LogP contribution in [0.4, 0.5) is 10.8 Å². The number of nitrogens with zero attached hydrogens (tertiary/aromatic N) is 2. The Bertz CT molecular complexity index is 1160. The molecule has 0 bridgehead atoms. The first-order valence-electron chi connectivity index (χ1n) is 9.52. The Morgan fingerprint density at radius 1 is 1.10 bits per heavy atom. The molecule has 2 heterocycles. The van der Waals surface area contributed by atoms with E-state index in [1.54, 1.807) is 42.6 Å². The number of benzene rings is 2. The van der Waals surface area contributed by atoms with Crippen LogP contribution in [0, 0.1) is 0 Å². The van der Waals surface area contributed by atoms with Crippen molar-refractivity contribution < 1.29 is 13.5 Å². The summed E-state index contributed by atoms with van der Waals surface area (Å²) in [4.78, 5) is 5.57. The van der Waals surface area contributed by atoms with Crippen molar-refractivity contribution in [3.63, 3.8) is 0 Å². The molecule has 1 fully saturated rings. The molecule has 0 aliphatic carbocycles. The van der Waals surface area contributed by atoms with E-state index in [4.69, 9.17) is 0 Å². The summed E-state index contributed by atoms with van der Waals surface area (Å²) in [5.41, 5.74) is 1.56. The van der Waals surface area contributed by atoms with Crippen molar-refractivity contribution in [2.24, 2.45) is 0 Å². The normalized spacial score (nSPS) is 15.0. The van der Waals surface area contributed by atoms with E-state index in [0.29, 0.717) is 37.0 Å². The Hall–Kier alpha value is -2.43. The zero-order valence-corrected chi connectivity index (χ0v) is 19.0. The minimum atomic E-state index is -3.51. The molecule has 4 rings (SSSR count). The molecule has 0 atom stereocenters. The summed E-state index contributed by atoms with van der Waals surface area (Å²) in [5.74, 6) is 0.222. The van der Waals surface area contributed by atoms with Crippen LogP contribution < -0.4 is 10.6 Å². The summed E-state index contributed by atoms with van der Waals surface area (Å²) >= 11 is 1.45. The molecule has 3 N–H and O–H groups in total. The molecule has 31 heavy (non-hydrogen) atoms. The molecule has 0 radical (unpaired) electrons. The van der Waals surface area contributed by atoms with E-state index in [1.165, 1.54) is 15.6 Å². The number of phenols is 1. The Morgan fingerprint density at radius 3 is 2.65 bits per heavy atom. The predicted octanol–water partition coefficient (Wildman–Crippen LogP) is 3.78. The summed E-state index contributed by atoms with van der Waals surface area (Å²) in [6, 6.07) is 13.8. The number of rotatable bonds is 6. The van der Waals surface area contributed by atoms with Gasteiger partial charge >= 0.3 is 0 Å². The Labute approximate surface area is 191 Å². The highest BCUT2D eigenvalue weighted by atomic mass is 35.5. The van der Waals surface area contributed by atoms with Gasteiger partial charge < -0.3 is 15.7 Å². The first-order chi connectivity index (χ1) is 14.5. The van der Waals surface area contributed by atoms with Crippen LogP contribution in [-0.4, -0.2) is 49.0 Å². The topological polar surface area (TPSA) is 94.6 Å². The minimum Gasteiger partial charge on any atom is -0.508 e. The van der Waals surface area contributed by atoms with Gasteiger partial charge in [-0.2, -0.15) is 4.31 Å². The summed E-state index contributed by atoms with van der Waals surface area (Å²) in [6.07, 6.45) is 5.56. The number of phenolic OH excluding ortho intramolecular Hbond substituents is 1. The highest BCUT2D eigenvalue weighted by Gasteiger charge is 2.25. The van der Waals surface area contributed by atoms with Gasteiger partial charge in [0.05, 0.1) is 4.90 Å². The number of aromatic hydroxyl groups is 1. The molecular weight excluding hydrogens is 456 g/mol. The molecule has 1 aliphatic heterocycles. The van der Waals surface area contributed by atoms with Crippen LogP contribution in [0.15, 0.2) is 59.6 Å². The largest absolute Gasteiger partial charge is 0.508 e. The Morgan fingerprint density at radius 2 is 1.87 bits per heavy atom. The van der Waals surface area contributed by atoms with Gasteiger partial charge in [0, 0.05) is 42.9 Å². The van der Waals surface area contributed by atoms with Gasteiger partial charge in [0.2, 0.25) is 10.0 Å². The average Bonchev–Trinajstić information content (AvgIpc) is 3.20. The maximum absolute atomic E-state index is 12.9. The molecule has 3 aromatic rings. The van der Waals surface area contributed by atoms with Gasteiger partial charge in [-0.3, -0.25) is 0 Å². The summed E-state index contributed by atoms with van der Waals surface area (Å²) in [6.45, 7) is 2.27. The zero-order valence-electron chi connectivity index (χ0n) is 16.6. The quantitative estimate of drug-likeness (QED) is 0.499. The third-order valence-electron chi connectivity index (χ3n) is 4.63. The number of aromatic nitrogens is 1.